The van der Waals surface area contributed by atoms with E-state index in [4.69, 9.17) is 5.26 Å². The van der Waals surface area contributed by atoms with Crippen molar-refractivity contribution < 1.29 is 18.4 Å². The zero-order chi connectivity index (χ0) is 14.7. The summed E-state index contributed by atoms with van der Waals surface area (Å²) in [5.41, 5.74) is -0.407. The van der Waals surface area contributed by atoms with Gasteiger partial charge < -0.3 is 4.74 Å². The molecule has 10 heteroatoms. The molecule has 20 heavy (non-hydrogen) atoms. The van der Waals surface area contributed by atoms with Crippen LogP contribution in [-0.4, -0.2) is 26.3 Å². The minimum absolute atomic E-state index is 0.125. The van der Waals surface area contributed by atoms with E-state index in [0.29, 0.717) is 0 Å². The molecule has 102 valence electrons. The number of aromatic nitrogens is 3. The van der Waals surface area contributed by atoms with Crippen LogP contribution in [0.15, 0.2) is 24.5 Å². The SMILES string of the molecule is N#Cc1ncn(-c2ccc([N+](=O)[O-])c(OC(F)F)c2)n1. The van der Waals surface area contributed by atoms with Crippen molar-refractivity contribution in [1.82, 2.24) is 14.8 Å². The van der Waals surface area contributed by atoms with Gasteiger partial charge in [-0.15, -0.1) is 5.10 Å². The second-order valence-electron chi connectivity index (χ2n) is 3.41. The lowest BCUT2D eigenvalue weighted by Crippen LogP contribution is -2.06. The van der Waals surface area contributed by atoms with Gasteiger partial charge in [-0.05, 0) is 6.07 Å². The van der Waals surface area contributed by atoms with Crippen LogP contribution in [0.25, 0.3) is 5.69 Å². The van der Waals surface area contributed by atoms with Gasteiger partial charge in [0.25, 0.3) is 5.82 Å². The Morgan fingerprint density at radius 1 is 1.50 bits per heavy atom. The number of nitro groups is 1. The molecule has 0 unspecified atom stereocenters. The monoisotopic (exact) mass is 281 g/mol. The van der Waals surface area contributed by atoms with E-state index in [1.54, 1.807) is 6.07 Å². The lowest BCUT2D eigenvalue weighted by Gasteiger charge is -2.07. The number of hydrogen-bond acceptors (Lipinski definition) is 6. The van der Waals surface area contributed by atoms with Crippen LogP contribution < -0.4 is 4.74 Å². The average Bonchev–Trinajstić information content (AvgIpc) is 2.86. The number of nitro benzene ring substituents is 1. The molecule has 0 N–H and O–H groups in total. The van der Waals surface area contributed by atoms with Gasteiger partial charge in [-0.25, -0.2) is 9.67 Å². The fourth-order valence-electron chi connectivity index (χ4n) is 1.43. The normalized spacial score (nSPS) is 10.3. The van der Waals surface area contributed by atoms with Gasteiger partial charge in [0.15, 0.2) is 0 Å². The first-order valence-electron chi connectivity index (χ1n) is 5.06. The summed E-state index contributed by atoms with van der Waals surface area (Å²) in [7, 11) is 0. The van der Waals surface area contributed by atoms with Crippen molar-refractivity contribution in [2.45, 2.75) is 6.61 Å². The Kier molecular flexibility index (Phi) is 3.52. The smallest absolute Gasteiger partial charge is 0.387 e. The maximum Gasteiger partial charge on any atom is 0.387 e. The highest BCUT2D eigenvalue weighted by molar-refractivity contribution is 5.52. The molecule has 1 aromatic carbocycles. The highest BCUT2D eigenvalue weighted by Crippen LogP contribution is 2.30. The zero-order valence-corrected chi connectivity index (χ0v) is 9.60. The number of ether oxygens (including phenoxy) is 1. The molecule has 0 aliphatic carbocycles. The van der Waals surface area contributed by atoms with E-state index in [2.05, 4.69) is 14.8 Å². The van der Waals surface area contributed by atoms with Crippen LogP contribution >= 0.6 is 0 Å². The highest BCUT2D eigenvalue weighted by Gasteiger charge is 2.19. The molecule has 0 aliphatic heterocycles. The van der Waals surface area contributed by atoms with Gasteiger partial charge in [-0.2, -0.15) is 14.0 Å². The largest absolute Gasteiger partial charge is 0.427 e. The number of rotatable bonds is 4. The minimum atomic E-state index is -3.20. The first-order chi connectivity index (χ1) is 9.51. The Bertz CT molecular complexity index is 694. The lowest BCUT2D eigenvalue weighted by atomic mass is 10.2. The molecule has 8 nitrogen and oxygen atoms in total. The third kappa shape index (κ3) is 2.66. The summed E-state index contributed by atoms with van der Waals surface area (Å²) in [5.74, 6) is -0.726. The van der Waals surface area contributed by atoms with E-state index in [1.165, 1.54) is 12.4 Å². The van der Waals surface area contributed by atoms with Gasteiger partial charge in [0, 0.05) is 12.1 Å². The fourth-order valence-corrected chi connectivity index (χ4v) is 1.43. The van der Waals surface area contributed by atoms with Crippen LogP contribution in [0, 0.1) is 21.4 Å². The fraction of sp³-hybridized carbons (Fsp3) is 0.100. The highest BCUT2D eigenvalue weighted by atomic mass is 19.3. The molecule has 0 bridgehead atoms. The van der Waals surface area contributed by atoms with Gasteiger partial charge in [0.1, 0.15) is 12.4 Å². The van der Waals surface area contributed by atoms with Crippen molar-refractivity contribution in [1.29, 1.82) is 5.26 Å². The van der Waals surface area contributed by atoms with Gasteiger partial charge >= 0.3 is 12.3 Å². The first-order valence-corrected chi connectivity index (χ1v) is 5.06. The van der Waals surface area contributed by atoms with Gasteiger partial charge in [0.2, 0.25) is 5.75 Å². The van der Waals surface area contributed by atoms with Crippen LogP contribution in [0.4, 0.5) is 14.5 Å². The summed E-state index contributed by atoms with van der Waals surface area (Å²) < 4.78 is 29.7. The van der Waals surface area contributed by atoms with E-state index in [-0.39, 0.29) is 11.5 Å². The van der Waals surface area contributed by atoms with E-state index < -0.39 is 23.0 Å². The summed E-state index contributed by atoms with van der Waals surface area (Å²) in [4.78, 5) is 13.5. The molecule has 0 radical (unpaired) electrons. The van der Waals surface area contributed by atoms with Crippen molar-refractivity contribution >= 4 is 5.69 Å². The van der Waals surface area contributed by atoms with Crippen molar-refractivity contribution in [3.63, 3.8) is 0 Å². The Morgan fingerprint density at radius 3 is 2.80 bits per heavy atom. The molecule has 0 aliphatic rings. The van der Waals surface area contributed by atoms with Crippen molar-refractivity contribution in [3.8, 4) is 17.5 Å². The zero-order valence-electron chi connectivity index (χ0n) is 9.60. The first kappa shape index (κ1) is 13.3. The lowest BCUT2D eigenvalue weighted by molar-refractivity contribution is -0.386. The molecule has 0 saturated carbocycles. The van der Waals surface area contributed by atoms with Crippen molar-refractivity contribution in [2.75, 3.05) is 0 Å². The standard InChI is InChI=1S/C10H5F2N5O3/c11-10(12)20-8-3-6(1-2-7(8)17(18)19)16-5-14-9(4-13)15-16/h1-3,5,10H. The molecule has 0 amide bonds. The predicted octanol–water partition coefficient (Wildman–Crippen LogP) is 1.65. The Hall–Kier alpha value is -3.09. The maximum absolute atomic E-state index is 12.2. The summed E-state index contributed by atoms with van der Waals surface area (Å²) >= 11 is 0. The second-order valence-corrected chi connectivity index (χ2v) is 3.41. The van der Waals surface area contributed by atoms with Gasteiger partial charge in [-0.1, -0.05) is 0 Å². The van der Waals surface area contributed by atoms with E-state index in [0.717, 1.165) is 16.8 Å². The van der Waals surface area contributed by atoms with E-state index >= 15 is 0 Å². The number of benzene rings is 1. The second kappa shape index (κ2) is 5.27. The van der Waals surface area contributed by atoms with Crippen LogP contribution in [0.1, 0.15) is 5.82 Å². The molecule has 0 atom stereocenters. The average molecular weight is 281 g/mol. The number of hydrogen-bond donors (Lipinski definition) is 0. The third-order valence-electron chi connectivity index (χ3n) is 2.21. The summed E-state index contributed by atoms with van der Waals surface area (Å²) in [5, 5.41) is 23.0. The van der Waals surface area contributed by atoms with Crippen LogP contribution in [0.5, 0.6) is 5.75 Å². The van der Waals surface area contributed by atoms with Gasteiger partial charge in [0.05, 0.1) is 10.6 Å². The molecule has 0 fully saturated rings. The van der Waals surface area contributed by atoms with Crippen LogP contribution in [0.2, 0.25) is 0 Å². The van der Waals surface area contributed by atoms with Gasteiger partial charge in [-0.3, -0.25) is 10.1 Å². The molecule has 0 saturated heterocycles. The number of nitrogens with zero attached hydrogens (tertiary/aromatic N) is 5. The molecular formula is C10H5F2N5O3. The topological polar surface area (TPSA) is 107 Å². The number of nitriles is 1. The molecular weight excluding hydrogens is 276 g/mol. The number of alkyl halides is 2. The molecule has 0 spiro atoms. The van der Waals surface area contributed by atoms with Crippen molar-refractivity contribution in [2.24, 2.45) is 0 Å². The van der Waals surface area contributed by atoms with E-state index in [1.807, 2.05) is 0 Å². The Balaban J connectivity index is 2.46. The third-order valence-corrected chi connectivity index (χ3v) is 2.21. The summed E-state index contributed by atoms with van der Waals surface area (Å²) in [6.45, 7) is -3.20. The van der Waals surface area contributed by atoms with Crippen molar-refractivity contribution in [3.05, 3.63) is 40.5 Å². The Labute approximate surface area is 110 Å². The molecule has 1 aromatic heterocycles. The summed E-state index contributed by atoms with van der Waals surface area (Å²) in [6, 6.07) is 4.98. The predicted molar refractivity (Wildman–Crippen MR) is 59.4 cm³/mol. The minimum Gasteiger partial charge on any atom is -0.427 e. The van der Waals surface area contributed by atoms with E-state index in [9.17, 15) is 18.9 Å². The van der Waals surface area contributed by atoms with Crippen LogP contribution in [0.3, 0.4) is 0 Å². The maximum atomic E-state index is 12.2. The number of halogens is 2. The molecule has 2 rings (SSSR count). The summed E-state index contributed by atoms with van der Waals surface area (Å²) in [6.07, 6.45) is 1.17. The Morgan fingerprint density at radius 2 is 2.25 bits per heavy atom. The molecule has 1 heterocycles. The molecule has 2 aromatic rings. The quantitative estimate of drug-likeness (QED) is 0.623. The van der Waals surface area contributed by atoms with Crippen LogP contribution in [-0.2, 0) is 0 Å².